The normalized spacial score (nSPS) is 18.3. The van der Waals surface area contributed by atoms with Gasteiger partial charge in [0.05, 0.1) is 52.1 Å². The average Bonchev–Trinajstić information content (AvgIpc) is 3.38. The number of primary amides is 1. The van der Waals surface area contributed by atoms with E-state index >= 15 is 4.39 Å². The fourth-order valence-corrected chi connectivity index (χ4v) is 5.41. The van der Waals surface area contributed by atoms with Crippen LogP contribution in [0.2, 0.25) is 0 Å². The van der Waals surface area contributed by atoms with E-state index in [1.807, 2.05) is 35.2 Å². The number of nitriles is 1. The van der Waals surface area contributed by atoms with E-state index in [1.165, 1.54) is 26.2 Å². The van der Waals surface area contributed by atoms with Gasteiger partial charge in [-0.3, -0.25) is 14.8 Å². The lowest BCUT2D eigenvalue weighted by Gasteiger charge is -2.41. The number of aromatic nitrogens is 4. The number of amides is 1. The number of carbonyl (C=O) groups is 1. The lowest BCUT2D eigenvalue weighted by atomic mass is 9.82. The highest BCUT2D eigenvalue weighted by Crippen LogP contribution is 2.38. The van der Waals surface area contributed by atoms with Crippen molar-refractivity contribution in [3.05, 3.63) is 77.9 Å². The minimum absolute atomic E-state index is 0.0886. The molecule has 4 aromatic rings. The van der Waals surface area contributed by atoms with Crippen molar-refractivity contribution in [2.45, 2.75) is 63.3 Å². The first-order chi connectivity index (χ1) is 19.2. The largest absolute Gasteiger partial charge is 0.387 e. The first kappa shape index (κ1) is 27.2. The molecular weight excluding hydrogens is 509 g/mol. The summed E-state index contributed by atoms with van der Waals surface area (Å²) in [6.45, 7) is 2.76. The third-order valence-electron chi connectivity index (χ3n) is 7.72. The van der Waals surface area contributed by atoms with Crippen molar-refractivity contribution >= 4 is 17.1 Å². The smallest absolute Gasteiger partial charge is 0.252 e. The molecule has 3 N–H and O–H groups in total. The molecule has 0 saturated heterocycles. The Bertz CT molecular complexity index is 1550. The standard InChI is InChI=1S/C30H32FN7O2/c1-30(2,40)28(31)18-37(21-8-6-20(7-9-21)24-5-3-4-12-34-24)27-14-25(35-17-23(27)29(33)39)26-11-10-22-13-19(15-32)16-36-38(22)26/h3-5,10-14,16-17,20-21,28,40H,6-9,18H2,1-2H3,(H2,33,39)/t20?,21?,28-/m1/s1. The first-order valence-electron chi connectivity index (χ1n) is 13.4. The van der Waals surface area contributed by atoms with Crippen LogP contribution >= 0.6 is 0 Å². The van der Waals surface area contributed by atoms with E-state index in [0.29, 0.717) is 34.1 Å². The Balaban J connectivity index is 1.54. The molecule has 0 aliphatic heterocycles. The highest BCUT2D eigenvalue weighted by molar-refractivity contribution is 5.99. The summed E-state index contributed by atoms with van der Waals surface area (Å²) in [5.41, 5.74) is 8.21. The maximum absolute atomic E-state index is 15.5. The topological polar surface area (TPSA) is 133 Å². The van der Waals surface area contributed by atoms with Crippen LogP contribution in [0.3, 0.4) is 0 Å². The second-order valence-electron chi connectivity index (χ2n) is 10.9. The maximum atomic E-state index is 15.5. The Morgan fingerprint density at radius 2 is 1.98 bits per heavy atom. The fraction of sp³-hybridized carbons (Fsp3) is 0.367. The number of rotatable bonds is 8. The predicted molar refractivity (Wildman–Crippen MR) is 149 cm³/mol. The molecule has 1 atom stereocenters. The molecule has 1 fully saturated rings. The van der Waals surface area contributed by atoms with E-state index in [1.54, 1.807) is 22.8 Å². The van der Waals surface area contributed by atoms with Gasteiger partial charge in [-0.25, -0.2) is 8.91 Å². The summed E-state index contributed by atoms with van der Waals surface area (Å²) < 4.78 is 17.1. The molecule has 0 radical (unpaired) electrons. The molecular formula is C30H32FN7O2. The van der Waals surface area contributed by atoms with Gasteiger partial charge in [-0.15, -0.1) is 0 Å². The van der Waals surface area contributed by atoms with Gasteiger partial charge >= 0.3 is 0 Å². The number of fused-ring (bicyclic) bond motifs is 1. The molecule has 10 heteroatoms. The third kappa shape index (κ3) is 5.51. The van der Waals surface area contributed by atoms with E-state index in [9.17, 15) is 15.2 Å². The first-order valence-corrected chi connectivity index (χ1v) is 13.4. The van der Waals surface area contributed by atoms with Gasteiger partial charge in [-0.2, -0.15) is 10.4 Å². The van der Waals surface area contributed by atoms with Crippen LogP contribution in [0, 0.1) is 11.3 Å². The zero-order valence-electron chi connectivity index (χ0n) is 22.5. The highest BCUT2D eigenvalue weighted by Gasteiger charge is 2.35. The van der Waals surface area contributed by atoms with Crippen molar-refractivity contribution < 1.29 is 14.3 Å². The van der Waals surface area contributed by atoms with Crippen molar-refractivity contribution in [3.63, 3.8) is 0 Å². The van der Waals surface area contributed by atoms with Gasteiger partial charge in [0, 0.05) is 30.0 Å². The molecule has 5 rings (SSSR count). The summed E-state index contributed by atoms with van der Waals surface area (Å²) in [6, 6.07) is 15.0. The number of aliphatic hydroxyl groups is 1. The van der Waals surface area contributed by atoms with Gasteiger partial charge in [-0.05, 0) is 75.9 Å². The second-order valence-corrected chi connectivity index (χ2v) is 10.9. The Morgan fingerprint density at radius 1 is 1.20 bits per heavy atom. The van der Waals surface area contributed by atoms with Crippen LogP contribution in [0.15, 0.2) is 61.1 Å². The number of nitrogens with two attached hydrogens (primary N) is 1. The number of nitrogens with zero attached hydrogens (tertiary/aromatic N) is 6. The van der Waals surface area contributed by atoms with Crippen LogP contribution in [-0.2, 0) is 0 Å². The summed E-state index contributed by atoms with van der Waals surface area (Å²) in [5, 5.41) is 24.1. The maximum Gasteiger partial charge on any atom is 0.252 e. The Morgan fingerprint density at radius 3 is 2.62 bits per heavy atom. The molecule has 0 bridgehead atoms. The molecule has 0 aromatic carbocycles. The minimum Gasteiger partial charge on any atom is -0.387 e. The summed E-state index contributed by atoms with van der Waals surface area (Å²) in [5.74, 6) is -0.369. The molecule has 1 amide bonds. The number of alkyl halides is 1. The summed E-state index contributed by atoms with van der Waals surface area (Å²) in [6.07, 6.45) is 6.32. The number of pyridine rings is 2. The number of carbonyl (C=O) groups excluding carboxylic acids is 1. The summed E-state index contributed by atoms with van der Waals surface area (Å²) >= 11 is 0. The molecule has 1 aliphatic rings. The van der Waals surface area contributed by atoms with Gasteiger partial charge in [0.25, 0.3) is 5.91 Å². The summed E-state index contributed by atoms with van der Waals surface area (Å²) in [4.78, 5) is 23.5. The van der Waals surface area contributed by atoms with E-state index in [-0.39, 0.29) is 18.2 Å². The molecule has 9 nitrogen and oxygen atoms in total. The predicted octanol–water partition coefficient (Wildman–Crippen LogP) is 4.40. The SMILES string of the molecule is CC(C)(O)[C@H](F)CN(c1cc(-c2ccc3cc(C#N)cnn23)ncc1C(N)=O)C1CCC(c2ccccn2)CC1. The Hall–Kier alpha value is -4.36. The van der Waals surface area contributed by atoms with Crippen LogP contribution in [-0.4, -0.2) is 55.0 Å². The molecule has 4 aromatic heterocycles. The highest BCUT2D eigenvalue weighted by atomic mass is 19.1. The van der Waals surface area contributed by atoms with Crippen molar-refractivity contribution in [1.29, 1.82) is 5.26 Å². The average molecular weight is 542 g/mol. The molecule has 1 saturated carbocycles. The van der Waals surface area contributed by atoms with Gasteiger partial charge in [0.1, 0.15) is 12.2 Å². The van der Waals surface area contributed by atoms with Crippen LogP contribution in [0.4, 0.5) is 10.1 Å². The van der Waals surface area contributed by atoms with Gasteiger partial charge in [-0.1, -0.05) is 6.07 Å². The van der Waals surface area contributed by atoms with E-state index in [0.717, 1.165) is 31.4 Å². The molecule has 4 heterocycles. The van der Waals surface area contributed by atoms with E-state index in [4.69, 9.17) is 5.73 Å². The van der Waals surface area contributed by atoms with Crippen LogP contribution in [0.5, 0.6) is 0 Å². The number of hydrogen-bond acceptors (Lipinski definition) is 7. The van der Waals surface area contributed by atoms with E-state index < -0.39 is 17.7 Å². The molecule has 40 heavy (non-hydrogen) atoms. The van der Waals surface area contributed by atoms with Crippen molar-refractivity contribution in [2.75, 3.05) is 11.4 Å². The fourth-order valence-electron chi connectivity index (χ4n) is 5.41. The van der Waals surface area contributed by atoms with Gasteiger partial charge in [0.15, 0.2) is 0 Å². The summed E-state index contributed by atoms with van der Waals surface area (Å²) in [7, 11) is 0. The zero-order chi connectivity index (χ0) is 28.4. The Labute approximate surface area is 232 Å². The molecule has 206 valence electrons. The Kier molecular flexibility index (Phi) is 7.50. The van der Waals surface area contributed by atoms with Crippen LogP contribution in [0.25, 0.3) is 16.9 Å². The quantitative estimate of drug-likeness (QED) is 0.338. The van der Waals surface area contributed by atoms with E-state index in [2.05, 4.69) is 21.1 Å². The lowest BCUT2D eigenvalue weighted by molar-refractivity contribution is -0.000441. The molecule has 1 aliphatic carbocycles. The third-order valence-corrected chi connectivity index (χ3v) is 7.72. The minimum atomic E-state index is -1.58. The van der Waals surface area contributed by atoms with Crippen molar-refractivity contribution in [1.82, 2.24) is 19.6 Å². The van der Waals surface area contributed by atoms with Crippen LogP contribution < -0.4 is 10.6 Å². The number of hydrogen-bond donors (Lipinski definition) is 2. The van der Waals surface area contributed by atoms with Crippen molar-refractivity contribution in [3.8, 4) is 17.5 Å². The monoisotopic (exact) mass is 541 g/mol. The van der Waals surface area contributed by atoms with Crippen molar-refractivity contribution in [2.24, 2.45) is 5.73 Å². The lowest BCUT2D eigenvalue weighted by Crippen LogP contribution is -2.48. The van der Waals surface area contributed by atoms with Crippen LogP contribution in [0.1, 0.15) is 67.1 Å². The zero-order valence-corrected chi connectivity index (χ0v) is 22.5. The number of halogens is 1. The molecule has 0 unspecified atom stereocenters. The molecule has 0 spiro atoms. The second kappa shape index (κ2) is 11.0. The van der Waals surface area contributed by atoms with Gasteiger partial charge in [0.2, 0.25) is 0 Å². The number of anilines is 1. The van der Waals surface area contributed by atoms with Gasteiger partial charge < -0.3 is 15.7 Å².